The average molecular weight is 694 g/mol. The predicted molar refractivity (Wildman–Crippen MR) is 233 cm³/mol. The third-order valence-corrected chi connectivity index (χ3v) is 12.0. The summed E-state index contributed by atoms with van der Waals surface area (Å²) in [5.74, 6) is 0. The number of nitrogens with zero attached hydrogens (tertiary/aromatic N) is 1. The van der Waals surface area contributed by atoms with Crippen LogP contribution in [0.4, 0.5) is 17.1 Å². The number of rotatable bonds is 4. The van der Waals surface area contributed by atoms with E-state index in [2.05, 4.69) is 209 Å². The van der Waals surface area contributed by atoms with E-state index in [9.17, 15) is 0 Å². The van der Waals surface area contributed by atoms with Gasteiger partial charge in [0, 0.05) is 22.1 Å². The molecule has 54 heavy (non-hydrogen) atoms. The van der Waals surface area contributed by atoms with Crippen molar-refractivity contribution in [3.63, 3.8) is 0 Å². The lowest BCUT2D eigenvalue weighted by Crippen LogP contribution is -2.16. The first kappa shape index (κ1) is 32.5. The van der Waals surface area contributed by atoms with Gasteiger partial charge in [0.25, 0.3) is 0 Å². The molecule has 0 amide bonds. The highest BCUT2D eigenvalue weighted by molar-refractivity contribution is 6.13. The van der Waals surface area contributed by atoms with Crippen LogP contribution in [0.25, 0.3) is 65.3 Å². The topological polar surface area (TPSA) is 3.24 Å². The summed E-state index contributed by atoms with van der Waals surface area (Å²) in [7, 11) is 0. The largest absolute Gasteiger partial charge is 0.309 e. The third kappa shape index (κ3) is 4.85. The van der Waals surface area contributed by atoms with E-state index in [0.717, 1.165) is 11.4 Å². The van der Waals surface area contributed by atoms with Crippen LogP contribution in [0.3, 0.4) is 0 Å². The highest BCUT2D eigenvalue weighted by atomic mass is 15.1. The van der Waals surface area contributed by atoms with Crippen LogP contribution in [-0.2, 0) is 10.8 Å². The molecule has 0 atom stereocenters. The summed E-state index contributed by atoms with van der Waals surface area (Å²) in [6, 6.07) is 63.5. The molecule has 1 aliphatic rings. The molecular weight excluding hydrogens is 651 g/mol. The van der Waals surface area contributed by atoms with Crippen molar-refractivity contribution in [2.24, 2.45) is 0 Å². The van der Waals surface area contributed by atoms with Crippen molar-refractivity contribution in [2.45, 2.75) is 45.4 Å². The summed E-state index contributed by atoms with van der Waals surface area (Å²) >= 11 is 0. The van der Waals surface area contributed by atoms with Crippen molar-refractivity contribution in [1.29, 1.82) is 0 Å². The maximum atomic E-state index is 2.55. The normalized spacial score (nSPS) is 13.4. The van der Waals surface area contributed by atoms with Crippen LogP contribution in [0, 0.1) is 0 Å². The van der Waals surface area contributed by atoms with Gasteiger partial charge < -0.3 is 4.90 Å². The van der Waals surface area contributed by atoms with Crippen LogP contribution in [0.1, 0.15) is 51.3 Å². The van der Waals surface area contributed by atoms with E-state index in [1.807, 2.05) is 0 Å². The first-order valence-corrected chi connectivity index (χ1v) is 19.2. The highest BCUT2D eigenvalue weighted by Crippen LogP contribution is 2.54. The summed E-state index contributed by atoms with van der Waals surface area (Å²) in [5, 5.41) is 10.1. The minimum atomic E-state index is -0.115. The number of benzene rings is 9. The quantitative estimate of drug-likeness (QED) is 0.177. The van der Waals surface area contributed by atoms with Gasteiger partial charge >= 0.3 is 0 Å². The Bertz CT molecular complexity index is 2950. The van der Waals surface area contributed by atoms with Crippen LogP contribution in [0.5, 0.6) is 0 Å². The Morgan fingerprint density at radius 3 is 1.65 bits per heavy atom. The summed E-state index contributed by atoms with van der Waals surface area (Å²) < 4.78 is 0. The molecule has 1 aliphatic carbocycles. The molecule has 0 N–H and O–H groups in total. The maximum absolute atomic E-state index is 2.55. The molecule has 0 fully saturated rings. The van der Waals surface area contributed by atoms with Crippen LogP contribution in [0.2, 0.25) is 0 Å². The second-order valence-electron chi connectivity index (χ2n) is 16.5. The van der Waals surface area contributed by atoms with E-state index >= 15 is 0 Å². The first-order chi connectivity index (χ1) is 26.2. The maximum Gasteiger partial charge on any atom is 0.0546 e. The Hall–Kier alpha value is -6.18. The molecule has 260 valence electrons. The zero-order chi connectivity index (χ0) is 36.8. The van der Waals surface area contributed by atoms with E-state index in [0.29, 0.717) is 0 Å². The molecule has 0 aromatic heterocycles. The number of hydrogen-bond donors (Lipinski definition) is 0. The molecular formula is C53H43N. The lowest BCUT2D eigenvalue weighted by Gasteiger charge is -2.32. The van der Waals surface area contributed by atoms with Crippen molar-refractivity contribution in [3.8, 4) is 22.3 Å². The molecule has 1 nitrogen and oxygen atoms in total. The fraction of sp³-hybridized carbons (Fsp3) is 0.132. The fourth-order valence-electron chi connectivity index (χ4n) is 9.36. The Balaban J connectivity index is 1.33. The van der Waals surface area contributed by atoms with E-state index in [-0.39, 0.29) is 10.8 Å². The van der Waals surface area contributed by atoms with Gasteiger partial charge in [-0.1, -0.05) is 180 Å². The van der Waals surface area contributed by atoms with Gasteiger partial charge in [-0.2, -0.15) is 0 Å². The Morgan fingerprint density at radius 2 is 0.944 bits per heavy atom. The minimum Gasteiger partial charge on any atom is -0.309 e. The van der Waals surface area contributed by atoms with Crippen LogP contribution in [0.15, 0.2) is 170 Å². The molecule has 9 aromatic rings. The fourth-order valence-corrected chi connectivity index (χ4v) is 9.36. The van der Waals surface area contributed by atoms with E-state index < -0.39 is 0 Å². The van der Waals surface area contributed by atoms with Crippen LogP contribution < -0.4 is 4.90 Å². The number of hydrogen-bond acceptors (Lipinski definition) is 1. The lowest BCUT2D eigenvalue weighted by atomic mass is 9.82. The van der Waals surface area contributed by atoms with Gasteiger partial charge in [0.05, 0.1) is 11.4 Å². The minimum absolute atomic E-state index is 0.00997. The summed E-state index contributed by atoms with van der Waals surface area (Å²) in [5.41, 5.74) is 12.6. The summed E-state index contributed by atoms with van der Waals surface area (Å²) in [4.78, 5) is 2.55. The van der Waals surface area contributed by atoms with Gasteiger partial charge in [0.1, 0.15) is 0 Å². The summed E-state index contributed by atoms with van der Waals surface area (Å²) in [6.07, 6.45) is 0. The smallest absolute Gasteiger partial charge is 0.0546 e. The van der Waals surface area contributed by atoms with Crippen molar-refractivity contribution >= 4 is 60.2 Å². The number of anilines is 3. The molecule has 0 heterocycles. The SMILES string of the molecule is CC(C)(C)c1ccc(N(c2ccc3c(c2)-c2c(ccc4ccccc24)C3(C)C)c2ccc3ccccc3c2-c2cccc3ccccc23)c2ccccc12. The molecule has 0 spiro atoms. The molecule has 0 aliphatic heterocycles. The van der Waals surface area contributed by atoms with Gasteiger partial charge in [-0.25, -0.2) is 0 Å². The Kier molecular flexibility index (Phi) is 7.17. The summed E-state index contributed by atoms with van der Waals surface area (Å²) in [6.45, 7) is 11.7. The molecule has 10 rings (SSSR count). The van der Waals surface area contributed by atoms with E-state index in [1.165, 1.54) is 87.7 Å². The van der Waals surface area contributed by atoms with Gasteiger partial charge in [0.15, 0.2) is 0 Å². The average Bonchev–Trinajstić information content (AvgIpc) is 3.43. The molecule has 0 radical (unpaired) electrons. The Morgan fingerprint density at radius 1 is 0.407 bits per heavy atom. The predicted octanol–water partition coefficient (Wildman–Crippen LogP) is 15.0. The molecule has 0 saturated carbocycles. The molecule has 9 aromatic carbocycles. The van der Waals surface area contributed by atoms with Crippen LogP contribution >= 0.6 is 0 Å². The van der Waals surface area contributed by atoms with Crippen molar-refractivity contribution < 1.29 is 0 Å². The van der Waals surface area contributed by atoms with Gasteiger partial charge in [-0.3, -0.25) is 0 Å². The van der Waals surface area contributed by atoms with Crippen molar-refractivity contribution in [1.82, 2.24) is 0 Å². The van der Waals surface area contributed by atoms with E-state index in [4.69, 9.17) is 0 Å². The molecule has 0 unspecified atom stereocenters. The van der Waals surface area contributed by atoms with Crippen molar-refractivity contribution in [2.75, 3.05) is 4.90 Å². The van der Waals surface area contributed by atoms with Gasteiger partial charge in [0.2, 0.25) is 0 Å². The first-order valence-electron chi connectivity index (χ1n) is 19.2. The number of fused-ring (bicyclic) bond motifs is 8. The highest BCUT2D eigenvalue weighted by Gasteiger charge is 2.37. The lowest BCUT2D eigenvalue weighted by molar-refractivity contribution is 0.596. The second kappa shape index (κ2) is 11.9. The zero-order valence-corrected chi connectivity index (χ0v) is 31.6. The Labute approximate surface area is 318 Å². The molecule has 0 bridgehead atoms. The van der Waals surface area contributed by atoms with Crippen LogP contribution in [-0.4, -0.2) is 0 Å². The van der Waals surface area contributed by atoms with Crippen molar-refractivity contribution in [3.05, 3.63) is 187 Å². The standard InChI is InChI=1S/C53H43N/c1-52(2,3)45-30-32-48(42-23-13-12-22-41(42)45)54(37-27-29-46-44(33-37)50-39-20-10-7-16-35(39)25-28-47(50)53(46,4)5)49-31-26-36-17-8-11-21-40(36)51(49)43-24-14-18-34-15-6-9-19-38(34)43/h6-33H,1-5H3. The monoisotopic (exact) mass is 693 g/mol. The van der Waals surface area contributed by atoms with Gasteiger partial charge in [-0.05, 0) is 101 Å². The van der Waals surface area contributed by atoms with Gasteiger partial charge in [-0.15, -0.1) is 0 Å². The zero-order valence-electron chi connectivity index (χ0n) is 31.6. The molecule has 0 saturated heterocycles. The van der Waals surface area contributed by atoms with E-state index in [1.54, 1.807) is 0 Å². The second-order valence-corrected chi connectivity index (χ2v) is 16.5. The third-order valence-electron chi connectivity index (χ3n) is 12.0. The molecule has 1 heteroatoms.